The molecule has 1 amide bonds. The molecule has 102 valence electrons. The molecule has 5 nitrogen and oxygen atoms in total. The van der Waals surface area contributed by atoms with E-state index >= 15 is 0 Å². The molecule has 2 heterocycles. The number of hydrogen-bond acceptors (Lipinski definition) is 4. The van der Waals surface area contributed by atoms with E-state index in [0.29, 0.717) is 12.6 Å². The standard InChI is InChI=1S/C14H19N3O2/c1-19-13-4-2-3-11(7-13)17-9-12-8-15-5-6-16(12)10-14(17)18/h2-4,7,12,15H,5-6,8-10H2,1H3. The fourth-order valence-corrected chi connectivity index (χ4v) is 2.79. The van der Waals surface area contributed by atoms with Gasteiger partial charge in [0.15, 0.2) is 0 Å². The SMILES string of the molecule is COc1cccc(N2CC3CNCCN3CC2=O)c1. The Morgan fingerprint density at radius 3 is 3.16 bits per heavy atom. The van der Waals surface area contributed by atoms with E-state index in [1.165, 1.54) is 0 Å². The van der Waals surface area contributed by atoms with Gasteiger partial charge in [0, 0.05) is 44.0 Å². The van der Waals surface area contributed by atoms with E-state index in [4.69, 9.17) is 4.74 Å². The topological polar surface area (TPSA) is 44.8 Å². The molecule has 0 spiro atoms. The molecule has 1 atom stereocenters. The number of rotatable bonds is 2. The van der Waals surface area contributed by atoms with Crippen LogP contribution in [0.4, 0.5) is 5.69 Å². The molecule has 1 unspecified atom stereocenters. The van der Waals surface area contributed by atoms with Gasteiger partial charge < -0.3 is 15.0 Å². The summed E-state index contributed by atoms with van der Waals surface area (Å²) in [6, 6.07) is 8.12. The molecule has 0 radical (unpaired) electrons. The maximum atomic E-state index is 12.3. The van der Waals surface area contributed by atoms with E-state index in [0.717, 1.165) is 37.6 Å². The second-order valence-corrected chi connectivity index (χ2v) is 5.03. The van der Waals surface area contributed by atoms with Crippen molar-refractivity contribution in [3.8, 4) is 5.75 Å². The average Bonchev–Trinajstić information content (AvgIpc) is 2.46. The summed E-state index contributed by atoms with van der Waals surface area (Å²) in [6.45, 7) is 4.15. The summed E-state index contributed by atoms with van der Waals surface area (Å²) in [4.78, 5) is 16.4. The number of piperazine rings is 2. The number of nitrogens with zero attached hydrogens (tertiary/aromatic N) is 2. The van der Waals surface area contributed by atoms with Crippen LogP contribution in [-0.4, -0.2) is 56.7 Å². The van der Waals surface area contributed by atoms with Gasteiger partial charge >= 0.3 is 0 Å². The van der Waals surface area contributed by atoms with Crippen molar-refractivity contribution in [3.05, 3.63) is 24.3 Å². The van der Waals surface area contributed by atoms with Crippen LogP contribution in [0.1, 0.15) is 0 Å². The van der Waals surface area contributed by atoms with Gasteiger partial charge in [-0.25, -0.2) is 0 Å². The normalized spacial score (nSPS) is 24.2. The van der Waals surface area contributed by atoms with Crippen molar-refractivity contribution in [1.82, 2.24) is 10.2 Å². The molecule has 0 aliphatic carbocycles. The van der Waals surface area contributed by atoms with E-state index in [-0.39, 0.29) is 5.91 Å². The Bertz CT molecular complexity index is 478. The number of carbonyl (C=O) groups excluding carboxylic acids is 1. The molecule has 3 rings (SSSR count). The summed E-state index contributed by atoms with van der Waals surface area (Å²) in [6.07, 6.45) is 0. The largest absolute Gasteiger partial charge is 0.497 e. The van der Waals surface area contributed by atoms with E-state index in [9.17, 15) is 4.79 Å². The van der Waals surface area contributed by atoms with E-state index < -0.39 is 0 Å². The molecule has 2 aliphatic heterocycles. The molecule has 0 bridgehead atoms. The zero-order valence-electron chi connectivity index (χ0n) is 11.1. The molecule has 1 aromatic rings. The van der Waals surface area contributed by atoms with Crippen molar-refractivity contribution >= 4 is 11.6 Å². The van der Waals surface area contributed by atoms with Gasteiger partial charge in [-0.1, -0.05) is 6.07 Å². The molecule has 0 aromatic heterocycles. The van der Waals surface area contributed by atoms with Crippen LogP contribution in [-0.2, 0) is 4.79 Å². The molecule has 1 N–H and O–H groups in total. The lowest BCUT2D eigenvalue weighted by Gasteiger charge is -2.43. The first-order chi connectivity index (χ1) is 9.28. The van der Waals surface area contributed by atoms with Crippen molar-refractivity contribution in [2.45, 2.75) is 6.04 Å². The highest BCUT2D eigenvalue weighted by atomic mass is 16.5. The van der Waals surface area contributed by atoms with Crippen LogP contribution in [0.3, 0.4) is 0 Å². The number of hydrogen-bond donors (Lipinski definition) is 1. The highest BCUT2D eigenvalue weighted by Crippen LogP contribution is 2.24. The first kappa shape index (κ1) is 12.4. The lowest BCUT2D eigenvalue weighted by Crippen LogP contribution is -2.63. The van der Waals surface area contributed by atoms with Crippen LogP contribution < -0.4 is 15.0 Å². The van der Waals surface area contributed by atoms with Crippen LogP contribution in [0.25, 0.3) is 0 Å². The summed E-state index contributed by atoms with van der Waals surface area (Å²) in [5.41, 5.74) is 0.926. The van der Waals surface area contributed by atoms with E-state index in [2.05, 4.69) is 10.2 Å². The smallest absolute Gasteiger partial charge is 0.241 e. The Labute approximate surface area is 113 Å². The van der Waals surface area contributed by atoms with E-state index in [1.807, 2.05) is 29.2 Å². The van der Waals surface area contributed by atoms with Crippen LogP contribution in [0.5, 0.6) is 5.75 Å². The summed E-state index contributed by atoms with van der Waals surface area (Å²) in [5.74, 6) is 0.959. The van der Waals surface area contributed by atoms with Crippen LogP contribution in [0, 0.1) is 0 Å². The maximum absolute atomic E-state index is 12.3. The molecule has 2 aliphatic rings. The van der Waals surface area contributed by atoms with Gasteiger partial charge in [-0.05, 0) is 12.1 Å². The van der Waals surface area contributed by atoms with Crippen LogP contribution in [0.15, 0.2) is 24.3 Å². The lowest BCUT2D eigenvalue weighted by atomic mass is 10.1. The number of anilines is 1. The maximum Gasteiger partial charge on any atom is 0.241 e. The summed E-state index contributed by atoms with van der Waals surface area (Å²) >= 11 is 0. The van der Waals surface area contributed by atoms with Crippen molar-refractivity contribution in [2.24, 2.45) is 0 Å². The van der Waals surface area contributed by atoms with Gasteiger partial charge in [0.1, 0.15) is 5.75 Å². The van der Waals surface area contributed by atoms with Crippen molar-refractivity contribution < 1.29 is 9.53 Å². The van der Waals surface area contributed by atoms with Crippen molar-refractivity contribution in [2.75, 3.05) is 44.7 Å². The summed E-state index contributed by atoms with van der Waals surface area (Å²) in [5, 5.41) is 3.39. The Morgan fingerprint density at radius 2 is 2.32 bits per heavy atom. The predicted molar refractivity (Wildman–Crippen MR) is 73.6 cm³/mol. The molecule has 19 heavy (non-hydrogen) atoms. The summed E-state index contributed by atoms with van der Waals surface area (Å²) < 4.78 is 5.23. The van der Waals surface area contributed by atoms with E-state index in [1.54, 1.807) is 7.11 Å². The average molecular weight is 261 g/mol. The third-order valence-electron chi connectivity index (χ3n) is 3.87. The number of methoxy groups -OCH3 is 1. The minimum atomic E-state index is 0.173. The Morgan fingerprint density at radius 1 is 1.42 bits per heavy atom. The van der Waals surface area contributed by atoms with Crippen LogP contribution >= 0.6 is 0 Å². The zero-order chi connectivity index (χ0) is 13.2. The quantitative estimate of drug-likeness (QED) is 0.832. The van der Waals surface area contributed by atoms with Gasteiger partial charge in [0.2, 0.25) is 5.91 Å². The molecular weight excluding hydrogens is 242 g/mol. The number of ether oxygens (including phenoxy) is 1. The van der Waals surface area contributed by atoms with Gasteiger partial charge in [-0.2, -0.15) is 0 Å². The Kier molecular flexibility index (Phi) is 3.40. The molecule has 2 saturated heterocycles. The lowest BCUT2D eigenvalue weighted by molar-refractivity contribution is -0.122. The second kappa shape index (κ2) is 5.19. The Balaban J connectivity index is 1.81. The number of carbonyl (C=O) groups is 1. The number of fused-ring (bicyclic) bond motifs is 1. The van der Waals surface area contributed by atoms with Gasteiger partial charge in [0.05, 0.1) is 13.7 Å². The van der Waals surface area contributed by atoms with Crippen molar-refractivity contribution in [1.29, 1.82) is 0 Å². The highest BCUT2D eigenvalue weighted by Gasteiger charge is 2.34. The highest BCUT2D eigenvalue weighted by molar-refractivity contribution is 5.95. The fraction of sp³-hybridized carbons (Fsp3) is 0.500. The molecule has 1 aromatic carbocycles. The number of amides is 1. The minimum absolute atomic E-state index is 0.173. The zero-order valence-corrected chi connectivity index (χ0v) is 11.1. The monoisotopic (exact) mass is 261 g/mol. The van der Waals surface area contributed by atoms with Gasteiger partial charge in [-0.15, -0.1) is 0 Å². The molecule has 0 saturated carbocycles. The van der Waals surface area contributed by atoms with Crippen LogP contribution in [0.2, 0.25) is 0 Å². The second-order valence-electron chi connectivity index (χ2n) is 5.03. The van der Waals surface area contributed by atoms with Gasteiger partial charge in [-0.3, -0.25) is 9.69 Å². The van der Waals surface area contributed by atoms with Crippen molar-refractivity contribution in [3.63, 3.8) is 0 Å². The number of nitrogens with one attached hydrogen (secondary N) is 1. The van der Waals surface area contributed by atoms with Gasteiger partial charge in [0.25, 0.3) is 0 Å². The first-order valence-corrected chi connectivity index (χ1v) is 6.67. The Hall–Kier alpha value is -1.59. The third-order valence-corrected chi connectivity index (χ3v) is 3.87. The summed E-state index contributed by atoms with van der Waals surface area (Å²) in [7, 11) is 1.64. The molecule has 5 heteroatoms. The third kappa shape index (κ3) is 2.43. The minimum Gasteiger partial charge on any atom is -0.497 e. The molecular formula is C14H19N3O2. The predicted octanol–water partition coefficient (Wildman–Crippen LogP) is 0.316. The number of benzene rings is 1. The molecule has 2 fully saturated rings. The first-order valence-electron chi connectivity index (χ1n) is 6.67. The fourth-order valence-electron chi connectivity index (χ4n) is 2.79.